The number of halogens is 2. The highest BCUT2D eigenvalue weighted by Crippen LogP contribution is 2.15. The van der Waals surface area contributed by atoms with E-state index in [0.29, 0.717) is 0 Å². The van der Waals surface area contributed by atoms with Gasteiger partial charge in [0.2, 0.25) is 0 Å². The molecule has 0 saturated heterocycles. The van der Waals surface area contributed by atoms with E-state index in [1.807, 2.05) is 24.3 Å². The van der Waals surface area contributed by atoms with Crippen molar-refractivity contribution in [1.82, 2.24) is 0 Å². The first-order valence-electron chi connectivity index (χ1n) is 5.96. The lowest BCUT2D eigenvalue weighted by Crippen LogP contribution is -2.04. The minimum absolute atomic E-state index is 0.0667. The number of anilines is 1. The average Bonchev–Trinajstić information content (AvgIpc) is 2.39. The second kappa shape index (κ2) is 5.63. The van der Waals surface area contributed by atoms with E-state index >= 15 is 0 Å². The first-order valence-corrected chi connectivity index (χ1v) is 5.96. The number of hydrogen-bond donors (Lipinski definition) is 1. The van der Waals surface area contributed by atoms with Crippen molar-refractivity contribution in [3.63, 3.8) is 0 Å². The average molecular weight is 247 g/mol. The van der Waals surface area contributed by atoms with Crippen LogP contribution in [0.1, 0.15) is 18.1 Å². The molecule has 0 aliphatic carbocycles. The Morgan fingerprint density at radius 3 is 2.11 bits per heavy atom. The molecule has 0 fully saturated rings. The zero-order chi connectivity index (χ0) is 13.0. The topological polar surface area (TPSA) is 12.0 Å². The van der Waals surface area contributed by atoms with Crippen molar-refractivity contribution in [2.24, 2.45) is 0 Å². The summed E-state index contributed by atoms with van der Waals surface area (Å²) in [5.41, 5.74) is 2.16. The van der Waals surface area contributed by atoms with Crippen LogP contribution in [0.25, 0.3) is 0 Å². The fourth-order valence-electron chi connectivity index (χ4n) is 1.75. The minimum Gasteiger partial charge on any atom is -0.381 e. The number of hydrogen-bond acceptors (Lipinski definition) is 1. The van der Waals surface area contributed by atoms with Crippen LogP contribution in [-0.2, 0) is 13.0 Å². The van der Waals surface area contributed by atoms with Crippen molar-refractivity contribution in [2.75, 3.05) is 5.32 Å². The summed E-state index contributed by atoms with van der Waals surface area (Å²) >= 11 is 0. The predicted octanol–water partition coefficient (Wildman–Crippen LogP) is 4.14. The van der Waals surface area contributed by atoms with Crippen LogP contribution in [0, 0.1) is 11.6 Å². The Bertz CT molecular complexity index is 500. The summed E-state index contributed by atoms with van der Waals surface area (Å²) in [5, 5.41) is 3.01. The van der Waals surface area contributed by atoms with Gasteiger partial charge >= 0.3 is 0 Å². The second-order valence-corrected chi connectivity index (χ2v) is 4.10. The molecule has 1 N–H and O–H groups in total. The van der Waals surface area contributed by atoms with Gasteiger partial charge in [0.1, 0.15) is 11.6 Å². The van der Waals surface area contributed by atoms with Crippen molar-refractivity contribution in [3.05, 3.63) is 65.2 Å². The highest BCUT2D eigenvalue weighted by Gasteiger charge is 2.07. The van der Waals surface area contributed by atoms with E-state index in [0.717, 1.165) is 12.1 Å². The lowest BCUT2D eigenvalue weighted by Gasteiger charge is -2.09. The molecule has 1 nitrogen and oxygen atoms in total. The molecule has 0 unspecified atom stereocenters. The normalized spacial score (nSPS) is 10.4. The molecule has 0 amide bonds. The van der Waals surface area contributed by atoms with Crippen LogP contribution in [0.15, 0.2) is 42.5 Å². The van der Waals surface area contributed by atoms with Gasteiger partial charge in [-0.2, -0.15) is 0 Å². The van der Waals surface area contributed by atoms with E-state index in [2.05, 4.69) is 12.2 Å². The monoisotopic (exact) mass is 247 g/mol. The standard InChI is InChI=1S/C15H15F2N/c1-2-11-6-8-12(9-7-11)18-10-13-14(16)4-3-5-15(13)17/h3-9,18H,2,10H2,1H3. The maximum atomic E-state index is 13.4. The van der Waals surface area contributed by atoms with Crippen molar-refractivity contribution in [3.8, 4) is 0 Å². The van der Waals surface area contributed by atoms with E-state index in [-0.39, 0.29) is 12.1 Å². The van der Waals surface area contributed by atoms with E-state index in [4.69, 9.17) is 0 Å². The molecule has 0 atom stereocenters. The molecule has 94 valence electrons. The Balaban J connectivity index is 2.06. The van der Waals surface area contributed by atoms with Crippen LogP contribution >= 0.6 is 0 Å². The molecule has 2 rings (SSSR count). The molecule has 0 saturated carbocycles. The summed E-state index contributed by atoms with van der Waals surface area (Å²) in [6.45, 7) is 2.22. The van der Waals surface area contributed by atoms with Gasteiger partial charge in [0.25, 0.3) is 0 Å². The van der Waals surface area contributed by atoms with Crippen LogP contribution < -0.4 is 5.32 Å². The summed E-state index contributed by atoms with van der Waals surface area (Å²) in [5.74, 6) is -1.04. The number of benzene rings is 2. The van der Waals surface area contributed by atoms with Gasteiger partial charge in [-0.05, 0) is 36.2 Å². The van der Waals surface area contributed by atoms with Crippen molar-refractivity contribution in [2.45, 2.75) is 19.9 Å². The van der Waals surface area contributed by atoms with Gasteiger partial charge in [-0.15, -0.1) is 0 Å². The van der Waals surface area contributed by atoms with Crippen molar-refractivity contribution < 1.29 is 8.78 Å². The zero-order valence-corrected chi connectivity index (χ0v) is 10.2. The molecule has 18 heavy (non-hydrogen) atoms. The molecule has 3 heteroatoms. The fraction of sp³-hybridized carbons (Fsp3) is 0.200. The smallest absolute Gasteiger partial charge is 0.131 e. The molecule has 2 aromatic carbocycles. The summed E-state index contributed by atoms with van der Waals surface area (Å²) in [4.78, 5) is 0. The van der Waals surface area contributed by atoms with Gasteiger partial charge in [0.05, 0.1) is 0 Å². The van der Waals surface area contributed by atoms with E-state index in [9.17, 15) is 8.78 Å². The SMILES string of the molecule is CCc1ccc(NCc2c(F)cccc2F)cc1. The van der Waals surface area contributed by atoms with E-state index < -0.39 is 11.6 Å². The van der Waals surface area contributed by atoms with Gasteiger partial charge in [0.15, 0.2) is 0 Å². The molecule has 0 heterocycles. The second-order valence-electron chi connectivity index (χ2n) is 4.10. The molecule has 0 spiro atoms. The highest BCUT2D eigenvalue weighted by atomic mass is 19.1. The summed E-state index contributed by atoms with van der Waals surface area (Å²) in [7, 11) is 0. The predicted molar refractivity (Wildman–Crippen MR) is 69.5 cm³/mol. The van der Waals surface area contributed by atoms with E-state index in [1.54, 1.807) is 0 Å². The molecule has 0 bridgehead atoms. The van der Waals surface area contributed by atoms with Gasteiger partial charge < -0.3 is 5.32 Å². The van der Waals surface area contributed by atoms with Crippen LogP contribution in [-0.4, -0.2) is 0 Å². The molecule has 0 aliphatic heterocycles. The first-order chi connectivity index (χ1) is 8.70. The van der Waals surface area contributed by atoms with Crippen molar-refractivity contribution >= 4 is 5.69 Å². The fourth-order valence-corrected chi connectivity index (χ4v) is 1.75. The third kappa shape index (κ3) is 2.86. The molecular weight excluding hydrogens is 232 g/mol. The molecule has 2 aromatic rings. The third-order valence-corrected chi connectivity index (χ3v) is 2.89. The van der Waals surface area contributed by atoms with Crippen LogP contribution in [0.3, 0.4) is 0 Å². The van der Waals surface area contributed by atoms with Gasteiger partial charge in [-0.25, -0.2) is 8.78 Å². The number of aryl methyl sites for hydroxylation is 1. The molecular formula is C15H15F2N. The van der Waals surface area contributed by atoms with Crippen molar-refractivity contribution in [1.29, 1.82) is 0 Å². The van der Waals surface area contributed by atoms with Crippen LogP contribution in [0.5, 0.6) is 0 Å². The summed E-state index contributed by atoms with van der Waals surface area (Å²) in [6.07, 6.45) is 0.974. The lowest BCUT2D eigenvalue weighted by molar-refractivity contribution is 0.560. The van der Waals surface area contributed by atoms with Crippen LogP contribution in [0.4, 0.5) is 14.5 Å². The minimum atomic E-state index is -0.521. The number of rotatable bonds is 4. The maximum Gasteiger partial charge on any atom is 0.131 e. The van der Waals surface area contributed by atoms with Gasteiger partial charge in [0, 0.05) is 17.8 Å². The Hall–Kier alpha value is -1.90. The molecule has 0 radical (unpaired) electrons. The largest absolute Gasteiger partial charge is 0.381 e. The quantitative estimate of drug-likeness (QED) is 0.856. The van der Waals surface area contributed by atoms with E-state index in [1.165, 1.54) is 23.8 Å². The first kappa shape index (κ1) is 12.6. The molecule has 0 aromatic heterocycles. The lowest BCUT2D eigenvalue weighted by atomic mass is 10.1. The Morgan fingerprint density at radius 2 is 1.56 bits per heavy atom. The Labute approximate surface area is 105 Å². The third-order valence-electron chi connectivity index (χ3n) is 2.89. The zero-order valence-electron chi connectivity index (χ0n) is 10.2. The summed E-state index contributed by atoms with van der Waals surface area (Å²) in [6, 6.07) is 11.7. The molecule has 0 aliphatic rings. The van der Waals surface area contributed by atoms with Gasteiger partial charge in [-0.1, -0.05) is 25.1 Å². The highest BCUT2D eigenvalue weighted by molar-refractivity contribution is 5.45. The Kier molecular flexibility index (Phi) is 3.92. The number of nitrogens with one attached hydrogen (secondary N) is 1. The maximum absolute atomic E-state index is 13.4. The van der Waals surface area contributed by atoms with Crippen LogP contribution in [0.2, 0.25) is 0 Å². The van der Waals surface area contributed by atoms with Gasteiger partial charge in [-0.3, -0.25) is 0 Å². The Morgan fingerprint density at radius 1 is 0.944 bits per heavy atom. The summed E-state index contributed by atoms with van der Waals surface area (Å²) < 4.78 is 26.8.